The molecule has 5 nitrogen and oxygen atoms in total. The van der Waals surface area contributed by atoms with Gasteiger partial charge in [-0.05, 0) is 35.4 Å². The van der Waals surface area contributed by atoms with Crippen LogP contribution in [0.5, 0.6) is 0 Å². The minimum atomic E-state index is -0.225. The van der Waals surface area contributed by atoms with Crippen molar-refractivity contribution in [3.8, 4) is 0 Å². The fourth-order valence-electron chi connectivity index (χ4n) is 2.97. The van der Waals surface area contributed by atoms with E-state index in [0.717, 1.165) is 11.1 Å². The van der Waals surface area contributed by atoms with Gasteiger partial charge in [-0.15, -0.1) is 0 Å². The molecule has 0 aliphatic carbocycles. The Morgan fingerprint density at radius 2 is 1.86 bits per heavy atom. The van der Waals surface area contributed by atoms with Crippen molar-refractivity contribution in [2.24, 2.45) is 4.99 Å². The molecule has 0 spiro atoms. The topological polar surface area (TPSA) is 48.9 Å². The molecule has 0 atom stereocenters. The fraction of sp³-hybridized carbons (Fsp3) is 0.350. The first kappa shape index (κ1) is 20.7. The van der Waals surface area contributed by atoms with Gasteiger partial charge in [-0.2, -0.15) is 0 Å². The molecule has 0 radical (unpaired) electrons. The van der Waals surface area contributed by atoms with Crippen molar-refractivity contribution in [3.63, 3.8) is 0 Å². The van der Waals surface area contributed by atoms with Crippen LogP contribution >= 0.6 is 23.2 Å². The van der Waals surface area contributed by atoms with Gasteiger partial charge in [-0.3, -0.25) is 4.99 Å². The van der Waals surface area contributed by atoms with E-state index >= 15 is 0 Å². The van der Waals surface area contributed by atoms with Crippen molar-refractivity contribution in [2.45, 2.75) is 13.1 Å². The molecule has 0 bridgehead atoms. The Labute approximate surface area is 174 Å². The van der Waals surface area contributed by atoms with Crippen LogP contribution in [0, 0.1) is 5.82 Å². The van der Waals surface area contributed by atoms with E-state index in [1.807, 2.05) is 23.1 Å². The zero-order chi connectivity index (χ0) is 19.9. The van der Waals surface area contributed by atoms with E-state index in [1.165, 1.54) is 0 Å². The first-order chi connectivity index (χ1) is 13.6. The third-order valence-corrected chi connectivity index (χ3v) is 5.10. The van der Waals surface area contributed by atoms with Crippen LogP contribution in [0.4, 0.5) is 10.1 Å². The second kappa shape index (κ2) is 9.96. The highest BCUT2D eigenvalue weighted by Gasteiger charge is 2.15. The third-order valence-electron chi connectivity index (χ3n) is 4.51. The van der Waals surface area contributed by atoms with Crippen molar-refractivity contribution < 1.29 is 9.13 Å². The van der Waals surface area contributed by atoms with Crippen LogP contribution in [0.3, 0.4) is 0 Å². The summed E-state index contributed by atoms with van der Waals surface area (Å²) in [7, 11) is 1.68. The molecule has 1 fully saturated rings. The molecule has 0 aromatic heterocycles. The fourth-order valence-corrected chi connectivity index (χ4v) is 3.45. The molecule has 3 rings (SSSR count). The SMILES string of the molecule is CN=C(NCc1ccc(N2CCOCC2)c(F)c1)NCc1ccc(Cl)cc1Cl. The Bertz CT molecular complexity index is 841. The summed E-state index contributed by atoms with van der Waals surface area (Å²) >= 11 is 12.1. The van der Waals surface area contributed by atoms with Crippen LogP contribution < -0.4 is 15.5 Å². The minimum absolute atomic E-state index is 0.225. The molecule has 1 aliphatic heterocycles. The quantitative estimate of drug-likeness (QED) is 0.565. The number of nitrogens with zero attached hydrogens (tertiary/aromatic N) is 2. The van der Waals surface area contributed by atoms with Crippen LogP contribution in [0.2, 0.25) is 10.0 Å². The largest absolute Gasteiger partial charge is 0.378 e. The Balaban J connectivity index is 1.55. The molecule has 1 aliphatic rings. The lowest BCUT2D eigenvalue weighted by Gasteiger charge is -2.29. The van der Waals surface area contributed by atoms with E-state index < -0.39 is 0 Å². The Hall–Kier alpha value is -2.02. The van der Waals surface area contributed by atoms with Gasteiger partial charge < -0.3 is 20.3 Å². The predicted octanol–water partition coefficient (Wildman–Crippen LogP) is 3.83. The summed E-state index contributed by atoms with van der Waals surface area (Å²) < 4.78 is 19.8. The smallest absolute Gasteiger partial charge is 0.191 e. The van der Waals surface area contributed by atoms with E-state index in [1.54, 1.807) is 25.2 Å². The predicted molar refractivity (Wildman–Crippen MR) is 113 cm³/mol. The molecule has 0 unspecified atom stereocenters. The van der Waals surface area contributed by atoms with Crippen LogP contribution in [0.15, 0.2) is 41.4 Å². The standard InChI is InChI=1S/C20H23Cl2FN4O/c1-24-20(26-13-15-3-4-16(21)11-17(15)22)25-12-14-2-5-19(18(23)10-14)27-6-8-28-9-7-27/h2-5,10-11H,6-9,12-13H2,1H3,(H2,24,25,26). The molecular formula is C20H23Cl2FN4O. The molecule has 150 valence electrons. The number of hydrogen-bond acceptors (Lipinski definition) is 3. The Kier molecular flexibility index (Phi) is 7.36. The molecule has 2 aromatic carbocycles. The van der Waals surface area contributed by atoms with Crippen LogP contribution in [0.1, 0.15) is 11.1 Å². The highest BCUT2D eigenvalue weighted by Crippen LogP contribution is 2.22. The molecule has 2 N–H and O–H groups in total. The lowest BCUT2D eigenvalue weighted by molar-refractivity contribution is 0.122. The zero-order valence-corrected chi connectivity index (χ0v) is 17.2. The van der Waals surface area contributed by atoms with Crippen LogP contribution in [0.25, 0.3) is 0 Å². The number of hydrogen-bond donors (Lipinski definition) is 2. The summed E-state index contributed by atoms with van der Waals surface area (Å²) in [6.07, 6.45) is 0. The molecule has 8 heteroatoms. The summed E-state index contributed by atoms with van der Waals surface area (Å²) in [4.78, 5) is 6.19. The molecule has 1 heterocycles. The minimum Gasteiger partial charge on any atom is -0.378 e. The molecule has 0 amide bonds. The zero-order valence-electron chi connectivity index (χ0n) is 15.6. The van der Waals surface area contributed by atoms with Gasteiger partial charge in [-0.25, -0.2) is 4.39 Å². The summed E-state index contributed by atoms with van der Waals surface area (Å²) in [6.45, 7) is 3.62. The van der Waals surface area contributed by atoms with E-state index in [0.29, 0.717) is 61.1 Å². The van der Waals surface area contributed by atoms with Crippen molar-refractivity contribution in [3.05, 3.63) is 63.4 Å². The molecule has 1 saturated heterocycles. The highest BCUT2D eigenvalue weighted by molar-refractivity contribution is 6.35. The van der Waals surface area contributed by atoms with Crippen molar-refractivity contribution in [1.82, 2.24) is 10.6 Å². The number of rotatable bonds is 5. The second-order valence-corrected chi connectivity index (χ2v) is 7.24. The van der Waals surface area contributed by atoms with E-state index in [2.05, 4.69) is 15.6 Å². The first-order valence-electron chi connectivity index (χ1n) is 9.06. The summed E-state index contributed by atoms with van der Waals surface area (Å²) in [5.41, 5.74) is 2.36. The van der Waals surface area contributed by atoms with Gasteiger partial charge >= 0.3 is 0 Å². The molecule has 28 heavy (non-hydrogen) atoms. The number of guanidine groups is 1. The molecular weight excluding hydrogens is 402 g/mol. The van der Waals surface area contributed by atoms with Crippen molar-refractivity contribution in [2.75, 3.05) is 38.3 Å². The van der Waals surface area contributed by atoms with Gasteiger partial charge in [0.05, 0.1) is 18.9 Å². The number of aliphatic imine (C=N–C) groups is 1. The maximum absolute atomic E-state index is 14.5. The first-order valence-corrected chi connectivity index (χ1v) is 9.82. The average molecular weight is 425 g/mol. The summed E-state index contributed by atoms with van der Waals surface area (Å²) in [5, 5.41) is 7.56. The van der Waals surface area contributed by atoms with Crippen LogP contribution in [-0.2, 0) is 17.8 Å². The lowest BCUT2D eigenvalue weighted by atomic mass is 10.1. The van der Waals surface area contributed by atoms with E-state index in [9.17, 15) is 4.39 Å². The normalized spacial score (nSPS) is 14.9. The average Bonchev–Trinajstić information content (AvgIpc) is 2.70. The van der Waals surface area contributed by atoms with Gasteiger partial charge in [0, 0.05) is 43.3 Å². The van der Waals surface area contributed by atoms with E-state index in [-0.39, 0.29) is 5.82 Å². The van der Waals surface area contributed by atoms with E-state index in [4.69, 9.17) is 27.9 Å². The number of morpholine rings is 1. The Morgan fingerprint density at radius 3 is 2.54 bits per heavy atom. The summed E-state index contributed by atoms with van der Waals surface area (Å²) in [5.74, 6) is 0.376. The van der Waals surface area contributed by atoms with Gasteiger partial charge in [0.1, 0.15) is 5.82 Å². The van der Waals surface area contributed by atoms with Gasteiger partial charge in [0.2, 0.25) is 0 Å². The third kappa shape index (κ3) is 5.50. The maximum Gasteiger partial charge on any atom is 0.191 e. The monoisotopic (exact) mass is 424 g/mol. The maximum atomic E-state index is 14.5. The number of ether oxygens (including phenoxy) is 1. The molecule has 0 saturated carbocycles. The molecule has 2 aromatic rings. The number of halogens is 3. The number of anilines is 1. The highest BCUT2D eigenvalue weighted by atomic mass is 35.5. The van der Waals surface area contributed by atoms with Gasteiger partial charge in [-0.1, -0.05) is 35.3 Å². The van der Waals surface area contributed by atoms with Gasteiger partial charge in [0.25, 0.3) is 0 Å². The lowest BCUT2D eigenvalue weighted by Crippen LogP contribution is -2.37. The van der Waals surface area contributed by atoms with Crippen molar-refractivity contribution >= 4 is 34.8 Å². The van der Waals surface area contributed by atoms with Crippen LogP contribution in [-0.4, -0.2) is 39.3 Å². The Morgan fingerprint density at radius 1 is 1.11 bits per heavy atom. The number of benzene rings is 2. The summed E-state index contributed by atoms with van der Waals surface area (Å²) in [6, 6.07) is 10.7. The second-order valence-electron chi connectivity index (χ2n) is 6.40. The van der Waals surface area contributed by atoms with Crippen molar-refractivity contribution in [1.29, 1.82) is 0 Å². The van der Waals surface area contributed by atoms with Gasteiger partial charge in [0.15, 0.2) is 5.96 Å². The number of nitrogens with one attached hydrogen (secondary N) is 2.